The van der Waals surface area contributed by atoms with Crippen molar-refractivity contribution in [3.8, 4) is 0 Å². The Labute approximate surface area is 53.6 Å². The number of aliphatic hydroxyl groups is 1. The first-order valence-corrected chi connectivity index (χ1v) is 3.01. The number of carbonyl (C=O) groups excluding carboxylic acids is 1. The molecule has 1 N–H and O–H groups in total. The summed E-state index contributed by atoms with van der Waals surface area (Å²) in [4.78, 5) is 10.6. The Morgan fingerprint density at radius 2 is 2.11 bits per heavy atom. The van der Waals surface area contributed by atoms with Gasteiger partial charge in [-0.05, 0) is 13.8 Å². The Bertz CT molecular complexity index is 132. The summed E-state index contributed by atoms with van der Waals surface area (Å²) in [6.07, 6.45) is -0.940. The van der Waals surface area contributed by atoms with E-state index in [-0.39, 0.29) is 18.0 Å². The SMILES string of the molecule is C[C@@H]1C(=O)O[C@H](C)[C@H]1O. The van der Waals surface area contributed by atoms with Crippen LogP contribution in [-0.2, 0) is 9.53 Å². The summed E-state index contributed by atoms with van der Waals surface area (Å²) in [6, 6.07) is 0. The third-order valence-corrected chi connectivity index (χ3v) is 1.67. The smallest absolute Gasteiger partial charge is 0.311 e. The normalized spacial score (nSPS) is 43.0. The minimum atomic E-state index is -0.613. The lowest BCUT2D eigenvalue weighted by molar-refractivity contribution is -0.143. The summed E-state index contributed by atoms with van der Waals surface area (Å²) < 4.78 is 4.70. The molecule has 0 amide bonds. The van der Waals surface area contributed by atoms with Gasteiger partial charge in [0.15, 0.2) is 0 Å². The largest absolute Gasteiger partial charge is 0.460 e. The van der Waals surface area contributed by atoms with Crippen molar-refractivity contribution in [2.75, 3.05) is 0 Å². The molecular formula is C6H10O3. The van der Waals surface area contributed by atoms with Gasteiger partial charge in [0.1, 0.15) is 12.2 Å². The van der Waals surface area contributed by atoms with Crippen LogP contribution >= 0.6 is 0 Å². The van der Waals surface area contributed by atoms with E-state index in [1.54, 1.807) is 13.8 Å². The lowest BCUT2D eigenvalue weighted by Gasteiger charge is -2.05. The monoisotopic (exact) mass is 130 g/mol. The van der Waals surface area contributed by atoms with Crippen LogP contribution in [0.3, 0.4) is 0 Å². The van der Waals surface area contributed by atoms with Gasteiger partial charge in [0.05, 0.1) is 5.92 Å². The molecule has 1 rings (SSSR count). The van der Waals surface area contributed by atoms with Crippen molar-refractivity contribution in [3.05, 3.63) is 0 Å². The molecule has 0 aliphatic carbocycles. The van der Waals surface area contributed by atoms with E-state index in [2.05, 4.69) is 0 Å². The summed E-state index contributed by atoms with van der Waals surface area (Å²) in [6.45, 7) is 3.35. The third kappa shape index (κ3) is 0.920. The van der Waals surface area contributed by atoms with Gasteiger partial charge in [-0.25, -0.2) is 0 Å². The molecule has 52 valence electrons. The molecule has 0 spiro atoms. The highest BCUT2D eigenvalue weighted by atomic mass is 16.6. The van der Waals surface area contributed by atoms with Gasteiger partial charge in [-0.2, -0.15) is 0 Å². The van der Waals surface area contributed by atoms with E-state index in [0.29, 0.717) is 0 Å². The molecule has 3 atom stereocenters. The van der Waals surface area contributed by atoms with Gasteiger partial charge in [0, 0.05) is 0 Å². The first kappa shape index (κ1) is 6.55. The van der Waals surface area contributed by atoms with Crippen molar-refractivity contribution >= 4 is 5.97 Å². The molecule has 1 heterocycles. The van der Waals surface area contributed by atoms with Crippen molar-refractivity contribution in [1.29, 1.82) is 0 Å². The van der Waals surface area contributed by atoms with Gasteiger partial charge >= 0.3 is 5.97 Å². The molecule has 0 aromatic rings. The van der Waals surface area contributed by atoms with Crippen molar-refractivity contribution < 1.29 is 14.6 Å². The van der Waals surface area contributed by atoms with E-state index in [9.17, 15) is 4.79 Å². The molecule has 0 bridgehead atoms. The summed E-state index contributed by atoms with van der Waals surface area (Å²) in [5, 5.41) is 9.09. The minimum absolute atomic E-state index is 0.296. The Kier molecular flexibility index (Phi) is 1.45. The van der Waals surface area contributed by atoms with Gasteiger partial charge in [-0.15, -0.1) is 0 Å². The first-order chi connectivity index (χ1) is 4.13. The Balaban J connectivity index is 2.65. The van der Waals surface area contributed by atoms with Crippen LogP contribution in [0.15, 0.2) is 0 Å². The van der Waals surface area contributed by atoms with E-state index in [4.69, 9.17) is 9.84 Å². The minimum Gasteiger partial charge on any atom is -0.460 e. The predicted octanol–water partition coefficient (Wildman–Crippen LogP) is -0.0713. The highest BCUT2D eigenvalue weighted by molar-refractivity contribution is 5.75. The molecule has 0 unspecified atom stereocenters. The van der Waals surface area contributed by atoms with Gasteiger partial charge in [-0.3, -0.25) is 4.79 Å². The standard InChI is InChI=1S/C6H10O3/c1-3-5(7)4(2)9-6(3)8/h3-5,7H,1-2H3/t3-,4+,5-/m0/s1. The fourth-order valence-corrected chi connectivity index (χ4v) is 0.906. The zero-order valence-electron chi connectivity index (χ0n) is 5.50. The number of aliphatic hydroxyl groups excluding tert-OH is 1. The zero-order valence-corrected chi connectivity index (χ0v) is 5.50. The maximum atomic E-state index is 10.6. The number of cyclic esters (lactones) is 1. The van der Waals surface area contributed by atoms with Crippen LogP contribution < -0.4 is 0 Å². The lowest BCUT2D eigenvalue weighted by Crippen LogP contribution is -2.22. The predicted molar refractivity (Wildman–Crippen MR) is 30.7 cm³/mol. The van der Waals surface area contributed by atoms with E-state index < -0.39 is 6.10 Å². The molecule has 1 fully saturated rings. The number of carbonyl (C=O) groups is 1. The van der Waals surface area contributed by atoms with Crippen molar-refractivity contribution in [2.24, 2.45) is 5.92 Å². The van der Waals surface area contributed by atoms with E-state index in [1.165, 1.54) is 0 Å². The maximum Gasteiger partial charge on any atom is 0.311 e. The van der Waals surface area contributed by atoms with Crippen LogP contribution in [0.25, 0.3) is 0 Å². The van der Waals surface area contributed by atoms with Crippen LogP contribution in [0, 0.1) is 5.92 Å². The molecule has 3 heteroatoms. The molecule has 0 aromatic carbocycles. The summed E-state index contributed by atoms with van der Waals surface area (Å²) in [7, 11) is 0. The lowest BCUT2D eigenvalue weighted by atomic mass is 10.1. The van der Waals surface area contributed by atoms with Gasteiger partial charge in [0.2, 0.25) is 0 Å². The average Bonchev–Trinajstić information content (AvgIpc) is 1.98. The summed E-state index contributed by atoms with van der Waals surface area (Å²) >= 11 is 0. The van der Waals surface area contributed by atoms with Crippen molar-refractivity contribution in [2.45, 2.75) is 26.1 Å². The fourth-order valence-electron chi connectivity index (χ4n) is 0.906. The Morgan fingerprint density at radius 3 is 2.22 bits per heavy atom. The van der Waals surface area contributed by atoms with Gasteiger partial charge < -0.3 is 9.84 Å². The molecule has 9 heavy (non-hydrogen) atoms. The molecule has 1 saturated heterocycles. The van der Waals surface area contributed by atoms with Crippen LogP contribution in [0.1, 0.15) is 13.8 Å². The quantitative estimate of drug-likeness (QED) is 0.467. The molecular weight excluding hydrogens is 120 g/mol. The van der Waals surface area contributed by atoms with Crippen LogP contribution in [0.4, 0.5) is 0 Å². The Morgan fingerprint density at radius 1 is 1.56 bits per heavy atom. The molecule has 1 aliphatic rings. The van der Waals surface area contributed by atoms with E-state index >= 15 is 0 Å². The van der Waals surface area contributed by atoms with Gasteiger partial charge in [-0.1, -0.05) is 0 Å². The first-order valence-electron chi connectivity index (χ1n) is 3.01. The number of hydrogen-bond acceptors (Lipinski definition) is 3. The van der Waals surface area contributed by atoms with Crippen LogP contribution in [0.2, 0.25) is 0 Å². The highest BCUT2D eigenvalue weighted by Gasteiger charge is 2.37. The van der Waals surface area contributed by atoms with Crippen LogP contribution in [-0.4, -0.2) is 23.3 Å². The topological polar surface area (TPSA) is 46.5 Å². The third-order valence-electron chi connectivity index (χ3n) is 1.67. The van der Waals surface area contributed by atoms with E-state index in [1.807, 2.05) is 0 Å². The summed E-state index contributed by atoms with van der Waals surface area (Å²) in [5.41, 5.74) is 0. The highest BCUT2D eigenvalue weighted by Crippen LogP contribution is 2.20. The number of rotatable bonds is 0. The van der Waals surface area contributed by atoms with E-state index in [0.717, 1.165) is 0 Å². The second kappa shape index (κ2) is 1.99. The van der Waals surface area contributed by atoms with Crippen molar-refractivity contribution in [3.63, 3.8) is 0 Å². The van der Waals surface area contributed by atoms with Gasteiger partial charge in [0.25, 0.3) is 0 Å². The molecule has 3 nitrogen and oxygen atoms in total. The number of esters is 1. The van der Waals surface area contributed by atoms with Crippen molar-refractivity contribution in [1.82, 2.24) is 0 Å². The van der Waals surface area contributed by atoms with Crippen LogP contribution in [0.5, 0.6) is 0 Å². The molecule has 0 aromatic heterocycles. The Hall–Kier alpha value is -0.570. The zero-order chi connectivity index (χ0) is 7.02. The summed E-state index contributed by atoms with van der Waals surface area (Å²) in [5.74, 6) is -0.644. The molecule has 0 radical (unpaired) electrons. The number of ether oxygens (including phenoxy) is 1. The molecule has 1 aliphatic heterocycles. The fraction of sp³-hybridized carbons (Fsp3) is 0.833. The average molecular weight is 130 g/mol. The second-order valence-electron chi connectivity index (χ2n) is 2.42. The molecule has 0 saturated carbocycles. The second-order valence-corrected chi connectivity index (χ2v) is 2.42. The maximum absolute atomic E-state index is 10.6. The number of hydrogen-bond donors (Lipinski definition) is 1.